The summed E-state index contributed by atoms with van der Waals surface area (Å²) in [5, 5.41) is 12.3. The summed E-state index contributed by atoms with van der Waals surface area (Å²) in [6, 6.07) is 6.17. The summed E-state index contributed by atoms with van der Waals surface area (Å²) < 4.78 is 6.76. The largest absolute Gasteiger partial charge is 0.496 e. The number of thiophene rings is 1. The van der Waals surface area contributed by atoms with Gasteiger partial charge in [0.15, 0.2) is 0 Å². The van der Waals surface area contributed by atoms with Crippen LogP contribution in [0.25, 0.3) is 10.1 Å². The van der Waals surface area contributed by atoms with Crippen LogP contribution >= 0.6 is 11.3 Å². The number of methoxy groups -OCH3 is 1. The number of carboxylic acid groups (broad SMARTS) is 1. The molecule has 1 unspecified atom stereocenters. The highest BCUT2D eigenvalue weighted by molar-refractivity contribution is 7.17. The van der Waals surface area contributed by atoms with Crippen molar-refractivity contribution >= 4 is 27.4 Å². The molecule has 4 heteroatoms. The predicted octanol–water partition coefficient (Wildman–Crippen LogP) is 3.88. The minimum absolute atomic E-state index is 0.0803. The van der Waals surface area contributed by atoms with E-state index in [2.05, 4.69) is 6.07 Å². The molecule has 19 heavy (non-hydrogen) atoms. The van der Waals surface area contributed by atoms with Gasteiger partial charge in [-0.3, -0.25) is 4.79 Å². The summed E-state index contributed by atoms with van der Waals surface area (Å²) >= 11 is 1.68. The average Bonchev–Trinajstić information content (AvgIpc) is 3.12. The van der Waals surface area contributed by atoms with E-state index in [1.165, 1.54) is 4.70 Å². The van der Waals surface area contributed by atoms with E-state index in [1.54, 1.807) is 18.4 Å². The number of hydrogen-bond acceptors (Lipinski definition) is 3. The number of hydrogen-bond donors (Lipinski definition) is 1. The summed E-state index contributed by atoms with van der Waals surface area (Å²) in [4.78, 5) is 11.1. The van der Waals surface area contributed by atoms with Crippen molar-refractivity contribution in [2.45, 2.75) is 25.2 Å². The zero-order valence-corrected chi connectivity index (χ0v) is 11.6. The Kier molecular flexibility index (Phi) is 3.19. The van der Waals surface area contributed by atoms with Crippen LogP contribution in [0, 0.1) is 5.92 Å². The Hall–Kier alpha value is -1.55. The molecular weight excluding hydrogens is 260 g/mol. The molecule has 0 bridgehead atoms. The van der Waals surface area contributed by atoms with Crippen LogP contribution in [0.4, 0.5) is 0 Å². The molecule has 0 spiro atoms. The summed E-state index contributed by atoms with van der Waals surface area (Å²) in [6.45, 7) is 0. The van der Waals surface area contributed by atoms with Crippen molar-refractivity contribution in [2.24, 2.45) is 5.92 Å². The van der Waals surface area contributed by atoms with E-state index < -0.39 is 5.97 Å². The van der Waals surface area contributed by atoms with Crippen LogP contribution in [0.2, 0.25) is 0 Å². The lowest BCUT2D eigenvalue weighted by atomic mass is 9.89. The van der Waals surface area contributed by atoms with E-state index in [0.717, 1.165) is 29.5 Å². The molecule has 0 aliphatic heterocycles. The van der Waals surface area contributed by atoms with Crippen LogP contribution in [0.3, 0.4) is 0 Å². The highest BCUT2D eigenvalue weighted by atomic mass is 32.1. The van der Waals surface area contributed by atoms with Crippen LogP contribution in [0.5, 0.6) is 5.75 Å². The third-order valence-electron chi connectivity index (χ3n) is 3.81. The highest BCUT2D eigenvalue weighted by Gasteiger charge is 2.35. The topological polar surface area (TPSA) is 46.5 Å². The molecule has 1 fully saturated rings. The first kappa shape index (κ1) is 12.5. The van der Waals surface area contributed by atoms with Crippen molar-refractivity contribution in [3.05, 3.63) is 29.1 Å². The van der Waals surface area contributed by atoms with Gasteiger partial charge in [-0.1, -0.05) is 6.07 Å². The molecule has 1 aromatic heterocycles. The first-order valence-corrected chi connectivity index (χ1v) is 7.34. The molecule has 3 nitrogen and oxygen atoms in total. The molecule has 1 aliphatic carbocycles. The van der Waals surface area contributed by atoms with Gasteiger partial charge in [0.2, 0.25) is 0 Å². The average molecular weight is 276 g/mol. The van der Waals surface area contributed by atoms with E-state index in [0.29, 0.717) is 5.92 Å². The first-order valence-electron chi connectivity index (χ1n) is 6.46. The standard InChI is InChI=1S/C15H16O3S/c1-18-15-10(4-5-13-11(15)6-7-19-13)12(8-14(16)17)9-2-3-9/h4-7,9,12H,2-3,8H2,1H3,(H,16,17). The summed E-state index contributed by atoms with van der Waals surface area (Å²) in [6.07, 6.45) is 2.45. The van der Waals surface area contributed by atoms with Gasteiger partial charge in [-0.2, -0.15) is 0 Å². The number of ether oxygens (including phenoxy) is 1. The molecule has 2 aromatic rings. The van der Waals surface area contributed by atoms with Crippen molar-refractivity contribution in [3.63, 3.8) is 0 Å². The number of benzene rings is 1. The summed E-state index contributed by atoms with van der Waals surface area (Å²) in [5.41, 5.74) is 1.05. The van der Waals surface area contributed by atoms with Crippen LogP contribution in [-0.2, 0) is 4.79 Å². The van der Waals surface area contributed by atoms with E-state index in [1.807, 2.05) is 17.5 Å². The van der Waals surface area contributed by atoms with E-state index in [-0.39, 0.29) is 12.3 Å². The maximum absolute atomic E-state index is 11.1. The van der Waals surface area contributed by atoms with Crippen LogP contribution in [-0.4, -0.2) is 18.2 Å². The van der Waals surface area contributed by atoms with Crippen LogP contribution in [0.15, 0.2) is 23.6 Å². The van der Waals surface area contributed by atoms with Crippen LogP contribution < -0.4 is 4.74 Å². The second-order valence-electron chi connectivity index (χ2n) is 5.06. The molecule has 100 valence electrons. The minimum atomic E-state index is -0.732. The number of carboxylic acids is 1. The number of carbonyl (C=O) groups is 1. The maximum atomic E-state index is 11.1. The Morgan fingerprint density at radius 1 is 1.47 bits per heavy atom. The highest BCUT2D eigenvalue weighted by Crippen LogP contribution is 2.48. The lowest BCUT2D eigenvalue weighted by molar-refractivity contribution is -0.137. The quantitative estimate of drug-likeness (QED) is 0.901. The van der Waals surface area contributed by atoms with Gasteiger partial charge in [0.25, 0.3) is 0 Å². The third kappa shape index (κ3) is 2.32. The molecule has 1 aliphatic rings. The fourth-order valence-electron chi connectivity index (χ4n) is 2.77. The SMILES string of the molecule is COc1c(C(CC(=O)O)C2CC2)ccc2sccc12. The third-order valence-corrected chi connectivity index (χ3v) is 4.69. The fraction of sp³-hybridized carbons (Fsp3) is 0.400. The molecule has 1 saturated carbocycles. The lowest BCUT2D eigenvalue weighted by Crippen LogP contribution is -2.09. The molecule has 0 radical (unpaired) electrons. The van der Waals surface area contributed by atoms with E-state index in [9.17, 15) is 4.79 Å². The molecule has 1 heterocycles. The van der Waals surface area contributed by atoms with Gasteiger partial charge in [0.1, 0.15) is 5.75 Å². The predicted molar refractivity (Wildman–Crippen MR) is 76.1 cm³/mol. The molecule has 1 atom stereocenters. The maximum Gasteiger partial charge on any atom is 0.303 e. The van der Waals surface area contributed by atoms with Gasteiger partial charge in [0, 0.05) is 16.0 Å². The van der Waals surface area contributed by atoms with Crippen molar-refractivity contribution in [1.82, 2.24) is 0 Å². The zero-order valence-electron chi connectivity index (χ0n) is 10.8. The van der Waals surface area contributed by atoms with Crippen LogP contribution in [0.1, 0.15) is 30.7 Å². The van der Waals surface area contributed by atoms with Gasteiger partial charge in [-0.25, -0.2) is 0 Å². The molecule has 3 rings (SSSR count). The minimum Gasteiger partial charge on any atom is -0.496 e. The van der Waals surface area contributed by atoms with Gasteiger partial charge in [-0.05, 0) is 41.8 Å². The second kappa shape index (κ2) is 4.85. The summed E-state index contributed by atoms with van der Waals surface area (Å²) in [5.74, 6) is 0.708. The zero-order chi connectivity index (χ0) is 13.4. The Balaban J connectivity index is 2.08. The lowest BCUT2D eigenvalue weighted by Gasteiger charge is -2.18. The van der Waals surface area contributed by atoms with Gasteiger partial charge < -0.3 is 9.84 Å². The number of fused-ring (bicyclic) bond motifs is 1. The van der Waals surface area contributed by atoms with Gasteiger partial charge in [0.05, 0.1) is 13.5 Å². The Morgan fingerprint density at radius 2 is 2.26 bits per heavy atom. The number of aliphatic carboxylic acids is 1. The van der Waals surface area contributed by atoms with Crippen molar-refractivity contribution in [3.8, 4) is 5.75 Å². The smallest absolute Gasteiger partial charge is 0.303 e. The molecule has 1 N–H and O–H groups in total. The van der Waals surface area contributed by atoms with E-state index in [4.69, 9.17) is 9.84 Å². The Labute approximate surface area is 115 Å². The second-order valence-corrected chi connectivity index (χ2v) is 6.01. The molecule has 1 aromatic carbocycles. The van der Waals surface area contributed by atoms with Crippen molar-refractivity contribution in [1.29, 1.82) is 0 Å². The molecule has 0 saturated heterocycles. The Morgan fingerprint density at radius 3 is 2.89 bits per heavy atom. The summed E-state index contributed by atoms with van der Waals surface area (Å²) in [7, 11) is 1.67. The number of rotatable bonds is 5. The normalized spacial score (nSPS) is 16.5. The Bertz CT molecular complexity index is 613. The first-order chi connectivity index (χ1) is 9.20. The van der Waals surface area contributed by atoms with Gasteiger partial charge in [-0.15, -0.1) is 11.3 Å². The van der Waals surface area contributed by atoms with Crippen molar-refractivity contribution in [2.75, 3.05) is 7.11 Å². The van der Waals surface area contributed by atoms with E-state index >= 15 is 0 Å². The fourth-order valence-corrected chi connectivity index (χ4v) is 3.56. The molecule has 0 amide bonds. The monoisotopic (exact) mass is 276 g/mol. The van der Waals surface area contributed by atoms with Gasteiger partial charge >= 0.3 is 5.97 Å². The molecular formula is C15H16O3S. The van der Waals surface area contributed by atoms with Crippen molar-refractivity contribution < 1.29 is 14.6 Å².